The van der Waals surface area contributed by atoms with Crippen molar-refractivity contribution in [2.24, 2.45) is 51.8 Å². The number of unbranched alkanes of at least 4 members (excludes halogenated alkanes) is 3. The second kappa shape index (κ2) is 51.9. The van der Waals surface area contributed by atoms with E-state index in [1.807, 2.05) is 63.2 Å². The van der Waals surface area contributed by atoms with E-state index in [1.165, 1.54) is 34.6 Å². The van der Waals surface area contributed by atoms with Crippen LogP contribution in [0.3, 0.4) is 0 Å². The number of primary amides is 2. The molecule has 0 spiro atoms. The second-order valence-electron chi connectivity index (χ2n) is 37.1. The van der Waals surface area contributed by atoms with Crippen molar-refractivity contribution in [2.75, 3.05) is 32.8 Å². The molecule has 6 rings (SSSR count). The van der Waals surface area contributed by atoms with Gasteiger partial charge in [0.05, 0.1) is 47.5 Å². The maximum absolute atomic E-state index is 16.6. The Morgan fingerprint density at radius 1 is 0.579 bits per heavy atom. The summed E-state index contributed by atoms with van der Waals surface area (Å²) in [5.74, 6) is -16.5. The molecule has 36 nitrogen and oxygen atoms in total. The molecule has 1 aromatic heterocycles. The summed E-state index contributed by atoms with van der Waals surface area (Å²) >= 11 is 0. The van der Waals surface area contributed by atoms with Crippen LogP contribution in [0, 0.1) is 30.1 Å². The molecule has 23 N–H and O–H groups in total. The normalized spacial score (nSPS) is 19.3. The summed E-state index contributed by atoms with van der Waals surface area (Å²) in [7, 11) is 1.90. The van der Waals surface area contributed by atoms with Gasteiger partial charge in [-0.15, -0.1) is 0 Å². The third-order valence-electron chi connectivity index (χ3n) is 23.3. The molecule has 730 valence electrons. The van der Waals surface area contributed by atoms with Gasteiger partial charge < -0.3 is 102 Å². The van der Waals surface area contributed by atoms with E-state index >= 15 is 28.8 Å². The topological polar surface area (TPSA) is 598 Å². The smallest absolute Gasteiger partial charge is 0.245 e. The number of amides is 13. The van der Waals surface area contributed by atoms with Crippen LogP contribution in [0.25, 0.3) is 21.7 Å². The zero-order chi connectivity index (χ0) is 99.0. The van der Waals surface area contributed by atoms with Crippen molar-refractivity contribution in [3.63, 3.8) is 0 Å². The molecule has 38 heteroatoms. The molecule has 4 aromatic carbocycles. The maximum atomic E-state index is 16.6. The molecule has 0 saturated carbocycles. The molecule has 1 fully saturated rings. The number of hydrogen-bond donors (Lipinski definition) is 18. The Hall–Kier alpha value is -11.2. The van der Waals surface area contributed by atoms with Gasteiger partial charge in [0.2, 0.25) is 76.8 Å². The number of benzene rings is 4. The molecule has 0 radical (unpaired) electrons. The van der Waals surface area contributed by atoms with E-state index in [2.05, 4.69) is 63.5 Å². The Morgan fingerprint density at radius 3 is 1.82 bits per heavy atom. The number of aromatic amines is 1. The number of carbonyl (C=O) groups excluding carboxylic acids is 17. The van der Waals surface area contributed by atoms with E-state index in [9.17, 15) is 57.8 Å². The number of aliphatic hydroxyl groups excluding tert-OH is 1. The molecule has 13 amide bonds. The van der Waals surface area contributed by atoms with Crippen molar-refractivity contribution in [3.8, 4) is 5.75 Å². The molecule has 5 aromatic rings. The summed E-state index contributed by atoms with van der Waals surface area (Å²) in [6.07, 6.45) is -2.96. The average molecular weight is 1890 g/mol. The summed E-state index contributed by atoms with van der Waals surface area (Å²) in [4.78, 5) is 250. The summed E-state index contributed by atoms with van der Waals surface area (Å²) in [6, 6.07) is 10.5. The largest absolute Gasteiger partial charge is 0.492 e. The Morgan fingerprint density at radius 2 is 1.20 bits per heavy atom. The van der Waals surface area contributed by atoms with Crippen LogP contribution in [0.5, 0.6) is 5.75 Å². The van der Waals surface area contributed by atoms with Gasteiger partial charge in [-0.05, 0) is 191 Å². The number of hydrogen-bond acceptors (Lipinski definition) is 24. The number of aromatic nitrogens is 1. The van der Waals surface area contributed by atoms with Crippen LogP contribution in [0.15, 0.2) is 91.1 Å². The fourth-order valence-electron chi connectivity index (χ4n) is 15.7. The summed E-state index contributed by atoms with van der Waals surface area (Å²) in [6.45, 7) is 22.0. The summed E-state index contributed by atoms with van der Waals surface area (Å²) in [5, 5.41) is 43.6. The zero-order valence-corrected chi connectivity index (χ0v) is 80.6. The van der Waals surface area contributed by atoms with Crippen molar-refractivity contribution in [2.45, 2.75) is 288 Å². The molecule has 1 saturated heterocycles. The van der Waals surface area contributed by atoms with E-state index in [4.69, 9.17) is 33.4 Å². The summed E-state index contributed by atoms with van der Waals surface area (Å²) < 4.78 is 2.70. The molecule has 1 aliphatic heterocycles. The van der Waals surface area contributed by atoms with Gasteiger partial charge in [-0.3, -0.25) is 81.5 Å². The number of H-pyrrole nitrogens is 1. The Kier molecular flexibility index (Phi) is 43.1. The number of nitrogens with two attached hydrogens (primary N) is 5. The van der Waals surface area contributed by atoms with E-state index < -0.39 is 213 Å². The zero-order valence-electron chi connectivity index (χ0n) is 78.9. The standard InChI is InChI=1S/C95H139N17O19S2/c1-53(2)42-70(55(4)113)106-84(123)64(49-77(98)120)47-74(117)68(28-17-21-39-101-57(6)115)110-91(130)95(14,36-19-20-37-96)51-76(119)71(45-60-30-33-61-25-15-16-26-62(61)44-60)107-83(122)63(43-59-31-34-66(35-32-59)131-41-38-97)48-75(118)81-93(10,11)132-133-94(12,13)82(104-58(7)116)89(128)109-73(50-78(99)121)87(126)111-80(56(5)114)88(127)108-72(46-65-52-103-79-54(3)24-23-27-67(65)79)86(125)105-69(85(124)112-81)29-18-22-40-102-90(129)92(8,9)100/h15-16,23-27,30-35,44,52-53,56,63-64,68-73,80-82,103,114H,17-22,28-29,36-43,45-51,96-97,100H2,1-14H3,(H2,98,120)(H2,99,121)(H,101,115)(H,102,129)(H,104,116)(H,105,125)(H,106,123)(H,107,122)(H,108,127)(H,109,128)(H,110,130)(H,111,126)(H,112,124)/t56-,63-,64+,68+,69+,70-,71+,72+,73+,80+,81-,82-,95-/m1/s1. The highest BCUT2D eigenvalue weighted by Gasteiger charge is 2.47. The predicted octanol–water partition coefficient (Wildman–Crippen LogP) is 3.67. The monoisotopic (exact) mass is 1890 g/mol. The first-order valence-electron chi connectivity index (χ1n) is 45.3. The van der Waals surface area contributed by atoms with Crippen LogP contribution in [0.4, 0.5) is 0 Å². The molecule has 0 aliphatic carbocycles. The fourth-order valence-corrected chi connectivity index (χ4v) is 18.5. The van der Waals surface area contributed by atoms with Gasteiger partial charge in [0.1, 0.15) is 48.6 Å². The highest BCUT2D eigenvalue weighted by Crippen LogP contribution is 2.47. The second-order valence-corrected chi connectivity index (χ2v) is 40.5. The number of rotatable bonds is 48. The highest BCUT2D eigenvalue weighted by atomic mass is 33.1. The van der Waals surface area contributed by atoms with Crippen molar-refractivity contribution >= 4 is 143 Å². The molecule has 133 heavy (non-hydrogen) atoms. The Labute approximate surface area is 785 Å². The minimum absolute atomic E-state index is 0.0190. The van der Waals surface area contributed by atoms with Crippen LogP contribution < -0.4 is 91.9 Å². The number of aryl methyl sites for hydroxylation is 1. The van der Waals surface area contributed by atoms with Crippen LogP contribution in [-0.2, 0) is 101 Å². The lowest BCUT2D eigenvalue weighted by Gasteiger charge is -2.39. The van der Waals surface area contributed by atoms with Gasteiger partial charge in [-0.25, -0.2) is 0 Å². The maximum Gasteiger partial charge on any atom is 0.245 e. The minimum atomic E-state index is -1.93. The van der Waals surface area contributed by atoms with E-state index in [-0.39, 0.29) is 121 Å². The number of fused-ring (bicyclic) bond motifs is 2. The molecule has 0 unspecified atom stereocenters. The number of Topliss-reactive ketones (excluding diaryl/α,β-unsaturated/α-hetero) is 4. The molecule has 13 atom stereocenters. The van der Waals surface area contributed by atoms with Crippen LogP contribution in [-0.4, -0.2) is 218 Å². The lowest BCUT2D eigenvalue weighted by Crippen LogP contribution is -2.63. The number of aliphatic hydroxyl groups is 1. The lowest BCUT2D eigenvalue weighted by molar-refractivity contribution is -0.140. The van der Waals surface area contributed by atoms with Gasteiger partial charge in [-0.2, -0.15) is 0 Å². The van der Waals surface area contributed by atoms with Gasteiger partial charge in [0.25, 0.3) is 0 Å². The van der Waals surface area contributed by atoms with Gasteiger partial charge >= 0.3 is 0 Å². The highest BCUT2D eigenvalue weighted by molar-refractivity contribution is 8.77. The third kappa shape index (κ3) is 35.3. The number of nitrogens with one attached hydrogen (secondary N) is 12. The first kappa shape index (κ1) is 111. The molecular formula is C95H139N17O19S2. The lowest BCUT2D eigenvalue weighted by atomic mass is 9.77. The predicted molar refractivity (Wildman–Crippen MR) is 509 cm³/mol. The van der Waals surface area contributed by atoms with Crippen molar-refractivity contribution < 1.29 is 91.4 Å². The van der Waals surface area contributed by atoms with Crippen molar-refractivity contribution in [1.82, 2.24) is 63.5 Å². The van der Waals surface area contributed by atoms with Crippen LogP contribution >= 0.6 is 21.6 Å². The fraction of sp³-hybridized carbons (Fsp3) is 0.568. The quantitative estimate of drug-likeness (QED) is 0.0195. The molecule has 2 heterocycles. The van der Waals surface area contributed by atoms with Crippen molar-refractivity contribution in [1.29, 1.82) is 0 Å². The van der Waals surface area contributed by atoms with E-state index in [0.29, 0.717) is 46.2 Å². The Balaban J connectivity index is 1.56. The first-order chi connectivity index (χ1) is 62.5. The van der Waals surface area contributed by atoms with Crippen LogP contribution in [0.2, 0.25) is 0 Å². The number of carbonyl (C=O) groups is 17. The average Bonchev–Trinajstić information content (AvgIpc) is 1.57. The van der Waals surface area contributed by atoms with Gasteiger partial charge in [0, 0.05) is 98.1 Å². The SMILES string of the molecule is CC(=O)NCCCC[C@H](NC(=O)[C@](C)(CCCCN)CC(=O)[C@H](Cc1ccc2ccccc2c1)NC(=O)[C@@H](CC(=O)[C@H]1NC(=O)[C@H](CCCCNC(=O)C(C)(C)N)NC(=O)[C@H](Cc2c[nH]c3c(C)cccc23)NC(=O)[C@H]([C@@H](C)O)NC(=O)[C@H](CC(N)=O)NC(=O)[C@@H](NC(C)=O)C(C)(C)SSC1(C)C)Cc1ccc(OCCN)cc1)C(=O)C[C@@H](CC(N)=O)C(=O)N[C@H](CC(C)C)C(C)=O. The molecule has 1 aliphatic rings. The summed E-state index contributed by atoms with van der Waals surface area (Å²) in [5.41, 5.74) is 29.4. The third-order valence-corrected chi connectivity index (χ3v) is 27.5. The number of ether oxygens (including phenoxy) is 1. The van der Waals surface area contributed by atoms with Crippen LogP contribution in [0.1, 0.15) is 209 Å². The number of ketones is 4. The van der Waals surface area contributed by atoms with Gasteiger partial charge in [-0.1, -0.05) is 122 Å². The Bertz CT molecular complexity index is 4940. The van der Waals surface area contributed by atoms with Crippen molar-refractivity contribution in [3.05, 3.63) is 113 Å². The van der Waals surface area contributed by atoms with E-state index in [0.717, 1.165) is 51.8 Å². The first-order valence-corrected chi connectivity index (χ1v) is 47.5. The van der Waals surface area contributed by atoms with Gasteiger partial charge in [0.15, 0.2) is 23.1 Å². The molecule has 0 bridgehead atoms. The van der Waals surface area contributed by atoms with E-state index in [1.54, 1.807) is 76.4 Å². The molecular weight excluding hydrogens is 1750 g/mol. The minimum Gasteiger partial charge on any atom is -0.492 e. The number of para-hydroxylation sites is 1.